The molecular formula is C18H14Cl2F2N4O2S. The number of ether oxygens (including phenoxy) is 1. The average molecular weight is 459 g/mol. The van der Waals surface area contributed by atoms with Gasteiger partial charge in [0.15, 0.2) is 11.0 Å². The first kappa shape index (κ1) is 21.4. The third-order valence-corrected chi connectivity index (χ3v) is 5.27. The van der Waals surface area contributed by atoms with Gasteiger partial charge in [0.05, 0.1) is 10.8 Å². The molecule has 6 nitrogen and oxygen atoms in total. The van der Waals surface area contributed by atoms with Crippen molar-refractivity contribution in [3.63, 3.8) is 0 Å². The van der Waals surface area contributed by atoms with Gasteiger partial charge >= 0.3 is 6.61 Å². The molecule has 0 unspecified atom stereocenters. The third kappa shape index (κ3) is 5.59. The summed E-state index contributed by atoms with van der Waals surface area (Å²) in [4.78, 5) is 12.2. The van der Waals surface area contributed by atoms with Gasteiger partial charge in [0, 0.05) is 23.3 Å². The molecule has 152 valence electrons. The van der Waals surface area contributed by atoms with Crippen molar-refractivity contribution in [2.75, 3.05) is 11.1 Å². The number of halogens is 4. The third-order valence-electron chi connectivity index (χ3n) is 3.70. The van der Waals surface area contributed by atoms with E-state index >= 15 is 0 Å². The van der Waals surface area contributed by atoms with E-state index in [0.29, 0.717) is 21.7 Å². The minimum atomic E-state index is -2.98. The van der Waals surface area contributed by atoms with Crippen LogP contribution in [-0.2, 0) is 11.8 Å². The van der Waals surface area contributed by atoms with Crippen molar-refractivity contribution < 1.29 is 18.3 Å². The van der Waals surface area contributed by atoms with E-state index in [1.807, 2.05) is 12.1 Å². The number of benzene rings is 2. The average Bonchev–Trinajstić information content (AvgIpc) is 3.03. The van der Waals surface area contributed by atoms with Gasteiger partial charge in [-0.25, -0.2) is 0 Å². The molecular weight excluding hydrogens is 445 g/mol. The van der Waals surface area contributed by atoms with Crippen molar-refractivity contribution in [3.05, 3.63) is 52.5 Å². The summed E-state index contributed by atoms with van der Waals surface area (Å²) in [5.74, 6) is 0.234. The Bertz CT molecular complexity index is 1020. The first-order valence-electron chi connectivity index (χ1n) is 8.16. The minimum absolute atomic E-state index is 0.0309. The highest BCUT2D eigenvalue weighted by Gasteiger charge is 2.14. The van der Waals surface area contributed by atoms with Crippen molar-refractivity contribution in [2.24, 2.45) is 7.05 Å². The van der Waals surface area contributed by atoms with Gasteiger partial charge in [-0.05, 0) is 42.5 Å². The van der Waals surface area contributed by atoms with Crippen LogP contribution in [-0.4, -0.2) is 33.0 Å². The molecule has 0 atom stereocenters. The predicted molar refractivity (Wildman–Crippen MR) is 109 cm³/mol. The summed E-state index contributed by atoms with van der Waals surface area (Å²) >= 11 is 13.0. The van der Waals surface area contributed by atoms with E-state index in [4.69, 9.17) is 23.2 Å². The van der Waals surface area contributed by atoms with Crippen LogP contribution in [0.4, 0.5) is 14.5 Å². The highest BCUT2D eigenvalue weighted by atomic mass is 35.5. The Kier molecular flexibility index (Phi) is 6.94. The topological polar surface area (TPSA) is 69.0 Å². The number of nitrogens with one attached hydrogen (secondary N) is 1. The molecule has 1 aromatic heterocycles. The zero-order valence-corrected chi connectivity index (χ0v) is 17.2. The lowest BCUT2D eigenvalue weighted by atomic mass is 10.2. The number of rotatable bonds is 7. The number of amides is 1. The fourth-order valence-electron chi connectivity index (χ4n) is 2.39. The first-order valence-corrected chi connectivity index (χ1v) is 9.90. The van der Waals surface area contributed by atoms with E-state index in [-0.39, 0.29) is 22.4 Å². The van der Waals surface area contributed by atoms with Crippen LogP contribution in [0.25, 0.3) is 11.4 Å². The number of hydrogen-bond acceptors (Lipinski definition) is 5. The highest BCUT2D eigenvalue weighted by Crippen LogP contribution is 2.29. The normalized spacial score (nSPS) is 11.0. The van der Waals surface area contributed by atoms with Gasteiger partial charge in [-0.15, -0.1) is 10.2 Å². The van der Waals surface area contributed by atoms with Crippen molar-refractivity contribution in [1.29, 1.82) is 0 Å². The molecule has 0 bridgehead atoms. The Morgan fingerprint density at radius 2 is 1.93 bits per heavy atom. The lowest BCUT2D eigenvalue weighted by molar-refractivity contribution is -0.113. The van der Waals surface area contributed by atoms with E-state index in [1.165, 1.54) is 30.0 Å². The summed E-state index contributed by atoms with van der Waals surface area (Å²) in [6.07, 6.45) is 0. The number of anilines is 1. The minimum Gasteiger partial charge on any atom is -0.433 e. The molecule has 3 rings (SSSR count). The summed E-state index contributed by atoms with van der Waals surface area (Å²) in [6, 6.07) is 11.2. The second-order valence-corrected chi connectivity index (χ2v) is 7.52. The maximum atomic E-state index is 12.3. The molecule has 0 radical (unpaired) electrons. The molecule has 1 amide bonds. The SMILES string of the molecule is Cn1c(SCC(=O)Nc2ccc(OC(F)F)c(Cl)c2)nnc1-c1ccc(Cl)cc1. The quantitative estimate of drug-likeness (QED) is 0.497. The second kappa shape index (κ2) is 9.43. The largest absolute Gasteiger partial charge is 0.433 e. The van der Waals surface area contributed by atoms with Gasteiger partial charge in [0.25, 0.3) is 0 Å². The molecule has 0 aliphatic rings. The molecule has 0 saturated carbocycles. The molecule has 0 spiro atoms. The number of nitrogens with zero attached hydrogens (tertiary/aromatic N) is 3. The van der Waals surface area contributed by atoms with Crippen LogP contribution in [0, 0.1) is 0 Å². The van der Waals surface area contributed by atoms with Crippen LogP contribution < -0.4 is 10.1 Å². The predicted octanol–water partition coefficient (Wildman–Crippen LogP) is 5.12. The first-order chi connectivity index (χ1) is 13.8. The van der Waals surface area contributed by atoms with Gasteiger partial charge in [-0.2, -0.15) is 8.78 Å². The molecule has 2 aromatic carbocycles. The molecule has 0 aliphatic heterocycles. The van der Waals surface area contributed by atoms with Crippen molar-refractivity contribution in [3.8, 4) is 17.1 Å². The van der Waals surface area contributed by atoms with E-state index in [1.54, 1.807) is 23.7 Å². The fraction of sp³-hybridized carbons (Fsp3) is 0.167. The van der Waals surface area contributed by atoms with Gasteiger partial charge in [-0.3, -0.25) is 4.79 Å². The standard InChI is InChI=1S/C18H14Cl2F2N4O2S/c1-26-16(10-2-4-11(19)5-3-10)24-25-18(26)29-9-15(27)23-12-6-7-14(13(20)8-12)28-17(21)22/h2-8,17H,9H2,1H3,(H,23,27). The van der Waals surface area contributed by atoms with E-state index in [9.17, 15) is 13.6 Å². The smallest absolute Gasteiger partial charge is 0.387 e. The summed E-state index contributed by atoms with van der Waals surface area (Å²) < 4.78 is 30.6. The summed E-state index contributed by atoms with van der Waals surface area (Å²) in [5, 5.41) is 12.0. The zero-order valence-electron chi connectivity index (χ0n) is 14.9. The number of alkyl halides is 2. The van der Waals surface area contributed by atoms with E-state index < -0.39 is 6.61 Å². The molecule has 1 N–H and O–H groups in total. The molecule has 11 heteroatoms. The Morgan fingerprint density at radius 3 is 2.59 bits per heavy atom. The molecule has 3 aromatic rings. The van der Waals surface area contributed by atoms with Crippen molar-refractivity contribution in [1.82, 2.24) is 14.8 Å². The summed E-state index contributed by atoms with van der Waals surface area (Å²) in [6.45, 7) is -2.98. The molecule has 1 heterocycles. The van der Waals surface area contributed by atoms with Crippen LogP contribution >= 0.6 is 35.0 Å². The highest BCUT2D eigenvalue weighted by molar-refractivity contribution is 7.99. The number of carbonyl (C=O) groups excluding carboxylic acids is 1. The maximum Gasteiger partial charge on any atom is 0.387 e. The van der Waals surface area contributed by atoms with Gasteiger partial charge in [0.2, 0.25) is 5.91 Å². The number of hydrogen-bond donors (Lipinski definition) is 1. The van der Waals surface area contributed by atoms with Gasteiger partial charge < -0.3 is 14.6 Å². The monoisotopic (exact) mass is 458 g/mol. The van der Waals surface area contributed by atoms with Crippen LogP contribution in [0.2, 0.25) is 10.0 Å². The Balaban J connectivity index is 1.60. The van der Waals surface area contributed by atoms with Gasteiger partial charge in [-0.1, -0.05) is 35.0 Å². The Hall–Kier alpha value is -2.36. The number of thioether (sulfide) groups is 1. The summed E-state index contributed by atoms with van der Waals surface area (Å²) in [7, 11) is 1.80. The Labute approximate surface area is 179 Å². The number of aromatic nitrogens is 3. The van der Waals surface area contributed by atoms with E-state index in [2.05, 4.69) is 20.3 Å². The fourth-order valence-corrected chi connectivity index (χ4v) is 3.45. The van der Waals surface area contributed by atoms with Crippen molar-refractivity contribution in [2.45, 2.75) is 11.8 Å². The Morgan fingerprint density at radius 1 is 1.21 bits per heavy atom. The molecule has 0 saturated heterocycles. The van der Waals surface area contributed by atoms with Crippen LogP contribution in [0.1, 0.15) is 0 Å². The van der Waals surface area contributed by atoms with E-state index in [0.717, 1.165) is 5.56 Å². The van der Waals surface area contributed by atoms with Gasteiger partial charge in [0.1, 0.15) is 5.75 Å². The van der Waals surface area contributed by atoms with Crippen LogP contribution in [0.5, 0.6) is 5.75 Å². The van der Waals surface area contributed by atoms with Crippen molar-refractivity contribution >= 4 is 46.6 Å². The summed E-state index contributed by atoms with van der Waals surface area (Å²) in [5.41, 5.74) is 1.21. The van der Waals surface area contributed by atoms with Crippen LogP contribution in [0.3, 0.4) is 0 Å². The zero-order chi connectivity index (χ0) is 21.0. The molecule has 0 fully saturated rings. The number of carbonyl (C=O) groups is 1. The molecule has 0 aliphatic carbocycles. The molecule has 29 heavy (non-hydrogen) atoms. The van der Waals surface area contributed by atoms with Crippen LogP contribution in [0.15, 0.2) is 47.6 Å². The second-order valence-electron chi connectivity index (χ2n) is 5.73. The lowest BCUT2D eigenvalue weighted by Gasteiger charge is -2.09. The lowest BCUT2D eigenvalue weighted by Crippen LogP contribution is -2.14. The maximum absolute atomic E-state index is 12.3.